The number of anilines is 1. The van der Waals surface area contributed by atoms with Crippen molar-refractivity contribution in [2.75, 3.05) is 11.9 Å². The summed E-state index contributed by atoms with van der Waals surface area (Å²) in [7, 11) is 0. The quantitative estimate of drug-likeness (QED) is 0.678. The number of fused-ring (bicyclic) bond motifs is 1. The number of hydrogen-bond donors (Lipinski definition) is 2. The molecule has 0 saturated carbocycles. The van der Waals surface area contributed by atoms with E-state index in [9.17, 15) is 9.59 Å². The highest BCUT2D eigenvalue weighted by Crippen LogP contribution is 2.29. The third-order valence-corrected chi connectivity index (χ3v) is 2.17. The molecular weight excluding hydrogens is 196 g/mol. The second-order valence-electron chi connectivity index (χ2n) is 3.25. The number of benzene rings is 1. The van der Waals surface area contributed by atoms with Gasteiger partial charge < -0.3 is 20.6 Å². The average molecular weight is 206 g/mol. The number of nitrogens with one attached hydrogen (secondary N) is 1. The van der Waals surface area contributed by atoms with E-state index < -0.39 is 6.04 Å². The van der Waals surface area contributed by atoms with Gasteiger partial charge in [0, 0.05) is 0 Å². The number of carbonyl (C=O) groups excluding carboxylic acids is 2. The van der Waals surface area contributed by atoms with Gasteiger partial charge in [0.05, 0.1) is 11.7 Å². The van der Waals surface area contributed by atoms with Crippen molar-refractivity contribution in [3.05, 3.63) is 23.8 Å². The molecule has 1 unspecified atom stereocenters. The monoisotopic (exact) mass is 206 g/mol. The van der Waals surface area contributed by atoms with Crippen LogP contribution in [0.5, 0.6) is 5.75 Å². The lowest BCUT2D eigenvalue weighted by atomic mass is 10.1. The fourth-order valence-electron chi connectivity index (χ4n) is 1.39. The van der Waals surface area contributed by atoms with Gasteiger partial charge in [0.2, 0.25) is 0 Å². The minimum atomic E-state index is -0.672. The van der Waals surface area contributed by atoms with Gasteiger partial charge in [0.15, 0.2) is 6.61 Å². The third kappa shape index (κ3) is 1.82. The molecule has 0 bridgehead atoms. The Bertz CT molecular complexity index is 417. The van der Waals surface area contributed by atoms with Crippen LogP contribution in [0.4, 0.5) is 5.69 Å². The van der Waals surface area contributed by atoms with Crippen LogP contribution < -0.4 is 15.8 Å². The first-order valence-electron chi connectivity index (χ1n) is 4.48. The van der Waals surface area contributed by atoms with E-state index in [1.807, 2.05) is 0 Å². The number of amides is 1. The Kier molecular flexibility index (Phi) is 2.39. The van der Waals surface area contributed by atoms with E-state index in [1.165, 1.54) is 0 Å². The third-order valence-electron chi connectivity index (χ3n) is 2.17. The first-order valence-corrected chi connectivity index (χ1v) is 4.48. The molecule has 1 aliphatic rings. The Labute approximate surface area is 86.2 Å². The van der Waals surface area contributed by atoms with E-state index in [-0.39, 0.29) is 12.5 Å². The molecule has 0 saturated heterocycles. The van der Waals surface area contributed by atoms with Crippen molar-refractivity contribution in [3.63, 3.8) is 0 Å². The number of nitrogens with two attached hydrogens (primary N) is 1. The van der Waals surface area contributed by atoms with Crippen molar-refractivity contribution in [2.45, 2.75) is 6.04 Å². The van der Waals surface area contributed by atoms with E-state index in [4.69, 9.17) is 10.5 Å². The van der Waals surface area contributed by atoms with Crippen LogP contribution in [-0.4, -0.2) is 18.8 Å². The van der Waals surface area contributed by atoms with Crippen LogP contribution in [0.1, 0.15) is 11.6 Å². The van der Waals surface area contributed by atoms with Gasteiger partial charge in [0.25, 0.3) is 5.91 Å². The maximum absolute atomic E-state index is 11.0. The highest BCUT2D eigenvalue weighted by Gasteiger charge is 2.17. The molecule has 0 aromatic heterocycles. The van der Waals surface area contributed by atoms with Gasteiger partial charge in [-0.25, -0.2) is 0 Å². The van der Waals surface area contributed by atoms with Crippen LogP contribution >= 0.6 is 0 Å². The maximum atomic E-state index is 11.0. The lowest BCUT2D eigenvalue weighted by molar-refractivity contribution is -0.118. The van der Waals surface area contributed by atoms with Gasteiger partial charge in [-0.3, -0.25) is 4.79 Å². The number of carbonyl (C=O) groups is 2. The number of rotatable bonds is 2. The van der Waals surface area contributed by atoms with Crippen LogP contribution in [-0.2, 0) is 9.59 Å². The molecule has 15 heavy (non-hydrogen) atoms. The number of ether oxygens (including phenoxy) is 1. The van der Waals surface area contributed by atoms with Crippen LogP contribution in [0, 0.1) is 0 Å². The molecule has 0 aliphatic carbocycles. The molecule has 1 aromatic rings. The van der Waals surface area contributed by atoms with Gasteiger partial charge in [0.1, 0.15) is 12.0 Å². The molecule has 78 valence electrons. The lowest BCUT2D eigenvalue weighted by Crippen LogP contribution is -2.25. The minimum Gasteiger partial charge on any atom is -0.482 e. The summed E-state index contributed by atoms with van der Waals surface area (Å²) in [6.07, 6.45) is 0.646. The molecule has 1 aliphatic heterocycles. The zero-order valence-electron chi connectivity index (χ0n) is 7.90. The van der Waals surface area contributed by atoms with Gasteiger partial charge >= 0.3 is 0 Å². The second kappa shape index (κ2) is 3.70. The van der Waals surface area contributed by atoms with Crippen molar-refractivity contribution >= 4 is 17.9 Å². The topological polar surface area (TPSA) is 81.4 Å². The summed E-state index contributed by atoms with van der Waals surface area (Å²) in [4.78, 5) is 21.5. The zero-order valence-corrected chi connectivity index (χ0v) is 7.90. The van der Waals surface area contributed by atoms with Gasteiger partial charge in [-0.05, 0) is 17.7 Å². The summed E-state index contributed by atoms with van der Waals surface area (Å²) >= 11 is 0. The van der Waals surface area contributed by atoms with Crippen LogP contribution in [0.2, 0.25) is 0 Å². The first kappa shape index (κ1) is 9.67. The standard InChI is InChI=1S/C10H10N2O3/c11-7(4-13)6-1-2-9-8(3-6)12-10(14)5-15-9/h1-4,7H,5,11H2,(H,12,14). The van der Waals surface area contributed by atoms with Gasteiger partial charge in [-0.1, -0.05) is 6.07 Å². The molecule has 1 heterocycles. The average Bonchev–Trinajstić information content (AvgIpc) is 2.27. The molecule has 5 heteroatoms. The first-order chi connectivity index (χ1) is 7.20. The summed E-state index contributed by atoms with van der Waals surface area (Å²) in [5.74, 6) is 0.385. The van der Waals surface area contributed by atoms with Crippen molar-refractivity contribution in [2.24, 2.45) is 5.73 Å². The van der Waals surface area contributed by atoms with E-state index in [2.05, 4.69) is 5.32 Å². The highest BCUT2D eigenvalue weighted by molar-refractivity contribution is 5.95. The molecular formula is C10H10N2O3. The Morgan fingerprint density at radius 1 is 1.53 bits per heavy atom. The molecule has 1 aromatic carbocycles. The maximum Gasteiger partial charge on any atom is 0.262 e. The van der Waals surface area contributed by atoms with Crippen molar-refractivity contribution < 1.29 is 14.3 Å². The second-order valence-corrected chi connectivity index (χ2v) is 3.25. The van der Waals surface area contributed by atoms with E-state index in [0.29, 0.717) is 23.3 Å². The van der Waals surface area contributed by atoms with Crippen molar-refractivity contribution in [1.82, 2.24) is 0 Å². The lowest BCUT2D eigenvalue weighted by Gasteiger charge is -2.19. The molecule has 0 spiro atoms. The SMILES string of the molecule is NC(C=O)c1ccc2c(c1)NC(=O)CO2. The Morgan fingerprint density at radius 2 is 2.33 bits per heavy atom. The Hall–Kier alpha value is -1.88. The number of hydrogen-bond acceptors (Lipinski definition) is 4. The Morgan fingerprint density at radius 3 is 3.07 bits per heavy atom. The van der Waals surface area contributed by atoms with Crippen molar-refractivity contribution in [3.8, 4) is 5.75 Å². The molecule has 1 atom stereocenters. The fraction of sp³-hybridized carbons (Fsp3) is 0.200. The normalized spacial score (nSPS) is 15.9. The largest absolute Gasteiger partial charge is 0.482 e. The molecule has 0 radical (unpaired) electrons. The van der Waals surface area contributed by atoms with Crippen LogP contribution in [0.25, 0.3) is 0 Å². The van der Waals surface area contributed by atoms with Crippen LogP contribution in [0.15, 0.2) is 18.2 Å². The van der Waals surface area contributed by atoms with Crippen LogP contribution in [0.3, 0.4) is 0 Å². The summed E-state index contributed by atoms with van der Waals surface area (Å²) in [5.41, 5.74) is 6.74. The fourth-order valence-corrected chi connectivity index (χ4v) is 1.39. The van der Waals surface area contributed by atoms with Crippen molar-refractivity contribution in [1.29, 1.82) is 0 Å². The minimum absolute atomic E-state index is 0.0199. The molecule has 0 fully saturated rings. The smallest absolute Gasteiger partial charge is 0.262 e. The van der Waals surface area contributed by atoms with E-state index >= 15 is 0 Å². The summed E-state index contributed by atoms with van der Waals surface area (Å²) in [6.45, 7) is 0.0199. The van der Waals surface area contributed by atoms with E-state index in [0.717, 1.165) is 0 Å². The summed E-state index contributed by atoms with van der Waals surface area (Å²) in [5, 5.41) is 2.64. The highest BCUT2D eigenvalue weighted by atomic mass is 16.5. The zero-order chi connectivity index (χ0) is 10.8. The van der Waals surface area contributed by atoms with Gasteiger partial charge in [-0.2, -0.15) is 0 Å². The molecule has 3 N–H and O–H groups in total. The summed E-state index contributed by atoms with van der Waals surface area (Å²) < 4.78 is 5.16. The predicted octanol–water partition coefficient (Wildman–Crippen LogP) is 0.216. The Balaban J connectivity index is 2.36. The molecule has 5 nitrogen and oxygen atoms in total. The molecule has 2 rings (SSSR count). The van der Waals surface area contributed by atoms with Gasteiger partial charge in [-0.15, -0.1) is 0 Å². The van der Waals surface area contributed by atoms with E-state index in [1.54, 1.807) is 18.2 Å². The summed E-state index contributed by atoms with van der Waals surface area (Å²) in [6, 6.07) is 4.36. The number of aldehydes is 1. The predicted molar refractivity (Wildman–Crippen MR) is 53.6 cm³/mol. The molecule has 1 amide bonds.